The van der Waals surface area contributed by atoms with E-state index in [1.807, 2.05) is 38.1 Å². The number of aromatic nitrogens is 1. The van der Waals surface area contributed by atoms with E-state index in [1.54, 1.807) is 30.5 Å². The Balaban J connectivity index is 2.20. The van der Waals surface area contributed by atoms with Gasteiger partial charge in [-0.25, -0.2) is 0 Å². The molecule has 0 aliphatic rings. The average Bonchev–Trinajstić information content (AvgIpc) is 2.53. The van der Waals surface area contributed by atoms with Gasteiger partial charge in [-0.05, 0) is 49.2 Å². The van der Waals surface area contributed by atoms with Gasteiger partial charge in [0, 0.05) is 31.0 Å². The second-order valence-electron chi connectivity index (χ2n) is 4.86. The number of benzene rings is 1. The van der Waals surface area contributed by atoms with Crippen LogP contribution in [0, 0.1) is 6.92 Å². The highest BCUT2D eigenvalue weighted by Gasteiger charge is 2.15. The Hall–Kier alpha value is -2.36. The van der Waals surface area contributed by atoms with E-state index in [2.05, 4.69) is 4.98 Å². The Morgan fingerprint density at radius 1 is 1.24 bits per heavy atom. The first-order chi connectivity index (χ1) is 10.2. The second-order valence-corrected chi connectivity index (χ2v) is 4.86. The maximum Gasteiger partial charge on any atom is 0.254 e. The van der Waals surface area contributed by atoms with Gasteiger partial charge in [-0.3, -0.25) is 9.78 Å². The minimum Gasteiger partial charge on any atom is -0.496 e. The summed E-state index contributed by atoms with van der Waals surface area (Å²) < 4.78 is 5.29. The van der Waals surface area contributed by atoms with E-state index in [4.69, 9.17) is 4.74 Å². The van der Waals surface area contributed by atoms with Gasteiger partial charge in [0.05, 0.1) is 7.11 Å². The molecule has 0 atom stereocenters. The number of hydrogen-bond donors (Lipinski definition) is 0. The second kappa shape index (κ2) is 6.88. The Morgan fingerprint density at radius 3 is 2.57 bits per heavy atom. The zero-order valence-electron chi connectivity index (χ0n) is 12.7. The van der Waals surface area contributed by atoms with Gasteiger partial charge in [-0.2, -0.15) is 0 Å². The Bertz CT molecular complexity index is 611. The summed E-state index contributed by atoms with van der Waals surface area (Å²) in [6.07, 6.45) is 3.48. The predicted octanol–water partition coefficient (Wildman–Crippen LogP) is 3.06. The topological polar surface area (TPSA) is 42.4 Å². The van der Waals surface area contributed by atoms with Crippen molar-refractivity contribution in [3.63, 3.8) is 0 Å². The van der Waals surface area contributed by atoms with Crippen LogP contribution in [0.1, 0.15) is 28.4 Å². The molecule has 0 bridgehead atoms. The van der Waals surface area contributed by atoms with Gasteiger partial charge in [-0.15, -0.1) is 0 Å². The number of ether oxygens (including phenoxy) is 1. The van der Waals surface area contributed by atoms with Crippen molar-refractivity contribution in [1.82, 2.24) is 9.88 Å². The zero-order valence-corrected chi connectivity index (χ0v) is 12.7. The van der Waals surface area contributed by atoms with Crippen molar-refractivity contribution in [2.45, 2.75) is 20.4 Å². The Kier molecular flexibility index (Phi) is 4.93. The van der Waals surface area contributed by atoms with Crippen molar-refractivity contribution >= 4 is 5.91 Å². The van der Waals surface area contributed by atoms with Crippen LogP contribution in [0.15, 0.2) is 42.7 Å². The van der Waals surface area contributed by atoms with Gasteiger partial charge in [0.1, 0.15) is 5.75 Å². The highest BCUT2D eigenvalue weighted by molar-refractivity contribution is 5.94. The lowest BCUT2D eigenvalue weighted by molar-refractivity contribution is 0.0752. The van der Waals surface area contributed by atoms with Crippen molar-refractivity contribution in [2.75, 3.05) is 13.7 Å². The monoisotopic (exact) mass is 284 g/mol. The van der Waals surface area contributed by atoms with Crippen LogP contribution < -0.4 is 4.74 Å². The summed E-state index contributed by atoms with van der Waals surface area (Å²) >= 11 is 0. The first kappa shape index (κ1) is 15.0. The fourth-order valence-electron chi connectivity index (χ4n) is 2.17. The molecule has 4 nitrogen and oxygen atoms in total. The molecule has 2 rings (SSSR count). The first-order valence-corrected chi connectivity index (χ1v) is 6.98. The van der Waals surface area contributed by atoms with Crippen LogP contribution >= 0.6 is 0 Å². The van der Waals surface area contributed by atoms with E-state index in [-0.39, 0.29) is 5.91 Å². The zero-order chi connectivity index (χ0) is 15.2. The van der Waals surface area contributed by atoms with Crippen LogP contribution in [0.3, 0.4) is 0 Å². The molecule has 110 valence electrons. The van der Waals surface area contributed by atoms with Crippen molar-refractivity contribution < 1.29 is 9.53 Å². The molecule has 0 aliphatic carbocycles. The molecule has 0 unspecified atom stereocenters. The minimum absolute atomic E-state index is 0.00705. The summed E-state index contributed by atoms with van der Waals surface area (Å²) in [5.74, 6) is 0.744. The van der Waals surface area contributed by atoms with Crippen LogP contribution in [0.4, 0.5) is 0 Å². The summed E-state index contributed by atoms with van der Waals surface area (Å²) in [5.41, 5.74) is 2.74. The highest BCUT2D eigenvalue weighted by atomic mass is 16.5. The third-order valence-electron chi connectivity index (χ3n) is 3.45. The Labute approximate surface area is 125 Å². The number of amides is 1. The lowest BCUT2D eigenvalue weighted by atomic mass is 10.1. The quantitative estimate of drug-likeness (QED) is 0.847. The largest absolute Gasteiger partial charge is 0.496 e. The molecule has 0 fully saturated rings. The number of pyridine rings is 1. The van der Waals surface area contributed by atoms with E-state index in [9.17, 15) is 4.79 Å². The third-order valence-corrected chi connectivity index (χ3v) is 3.45. The normalized spacial score (nSPS) is 10.2. The molecule has 0 N–H and O–H groups in total. The van der Waals surface area contributed by atoms with Gasteiger partial charge in [0.2, 0.25) is 0 Å². The number of rotatable bonds is 5. The summed E-state index contributed by atoms with van der Waals surface area (Å²) in [7, 11) is 1.62. The van der Waals surface area contributed by atoms with Crippen LogP contribution in [0.2, 0.25) is 0 Å². The number of hydrogen-bond acceptors (Lipinski definition) is 3. The van der Waals surface area contributed by atoms with Crippen molar-refractivity contribution in [1.29, 1.82) is 0 Å². The molecule has 0 radical (unpaired) electrons. The molecular formula is C17H20N2O2. The van der Waals surface area contributed by atoms with Crippen molar-refractivity contribution in [2.24, 2.45) is 0 Å². The van der Waals surface area contributed by atoms with Gasteiger partial charge in [0.25, 0.3) is 5.91 Å². The van der Waals surface area contributed by atoms with E-state index >= 15 is 0 Å². The van der Waals surface area contributed by atoms with Gasteiger partial charge in [0.15, 0.2) is 0 Å². The van der Waals surface area contributed by atoms with Crippen molar-refractivity contribution in [3.05, 3.63) is 59.4 Å². The predicted molar refractivity (Wildman–Crippen MR) is 82.4 cm³/mol. The molecule has 4 heteroatoms. The molecule has 1 amide bonds. The van der Waals surface area contributed by atoms with Crippen LogP contribution in [-0.2, 0) is 6.54 Å². The fourth-order valence-corrected chi connectivity index (χ4v) is 2.17. The summed E-state index contributed by atoms with van der Waals surface area (Å²) in [6.45, 7) is 5.16. The number of aryl methyl sites for hydroxylation is 1. The number of nitrogens with zero attached hydrogens (tertiary/aromatic N) is 2. The molecule has 0 spiro atoms. The molecule has 1 heterocycles. The number of methoxy groups -OCH3 is 1. The number of carbonyl (C=O) groups excluding carboxylic acids is 1. The lowest BCUT2D eigenvalue weighted by Gasteiger charge is -2.21. The van der Waals surface area contributed by atoms with Crippen LogP contribution in [0.25, 0.3) is 0 Å². The molecule has 0 saturated heterocycles. The molecule has 0 aliphatic heterocycles. The SMILES string of the molecule is CCN(Cc1ccncc1)C(=O)c1ccc(C)c(OC)c1. The fraction of sp³-hybridized carbons (Fsp3) is 0.294. The molecule has 1 aromatic heterocycles. The van der Waals surface area contributed by atoms with E-state index in [0.29, 0.717) is 18.7 Å². The molecular weight excluding hydrogens is 264 g/mol. The van der Waals surface area contributed by atoms with Gasteiger partial charge in [-0.1, -0.05) is 6.07 Å². The van der Waals surface area contributed by atoms with Crippen molar-refractivity contribution in [3.8, 4) is 5.75 Å². The summed E-state index contributed by atoms with van der Waals surface area (Å²) in [4.78, 5) is 18.4. The standard InChI is InChI=1S/C17H20N2O2/c1-4-19(12-14-7-9-18-10-8-14)17(20)15-6-5-13(2)16(11-15)21-3/h5-11H,4,12H2,1-3H3. The first-order valence-electron chi connectivity index (χ1n) is 6.98. The van der Waals surface area contributed by atoms with E-state index < -0.39 is 0 Å². The maximum absolute atomic E-state index is 12.6. The smallest absolute Gasteiger partial charge is 0.254 e. The molecule has 1 aromatic carbocycles. The van der Waals surface area contributed by atoms with Crippen LogP contribution in [0.5, 0.6) is 5.75 Å². The summed E-state index contributed by atoms with van der Waals surface area (Å²) in [6, 6.07) is 9.39. The summed E-state index contributed by atoms with van der Waals surface area (Å²) in [5, 5.41) is 0. The molecule has 0 saturated carbocycles. The van der Waals surface area contributed by atoms with E-state index in [1.165, 1.54) is 0 Å². The van der Waals surface area contributed by atoms with E-state index in [0.717, 1.165) is 16.9 Å². The minimum atomic E-state index is 0.00705. The Morgan fingerprint density at radius 2 is 1.95 bits per heavy atom. The van der Waals surface area contributed by atoms with Crippen LogP contribution in [-0.4, -0.2) is 29.4 Å². The number of carbonyl (C=O) groups is 1. The maximum atomic E-state index is 12.6. The van der Waals surface area contributed by atoms with Gasteiger partial charge >= 0.3 is 0 Å². The lowest BCUT2D eigenvalue weighted by Crippen LogP contribution is -2.30. The van der Waals surface area contributed by atoms with Gasteiger partial charge < -0.3 is 9.64 Å². The highest BCUT2D eigenvalue weighted by Crippen LogP contribution is 2.20. The molecule has 21 heavy (non-hydrogen) atoms. The molecule has 2 aromatic rings. The average molecular weight is 284 g/mol. The third kappa shape index (κ3) is 3.60.